The Morgan fingerprint density at radius 1 is 1.22 bits per heavy atom. The Hall–Kier alpha value is -1.66. The second-order valence-corrected chi connectivity index (χ2v) is 5.30. The molecule has 1 rings (SSSR count). The molecular weight excluding hydrogens is 296 g/mol. The maximum Gasteiger partial charge on any atom is 0.256 e. The van der Waals surface area contributed by atoms with E-state index in [0.29, 0.717) is 44.4 Å². The first-order valence-corrected chi connectivity index (χ1v) is 8.17. The highest BCUT2D eigenvalue weighted by atomic mass is 16.5. The van der Waals surface area contributed by atoms with Gasteiger partial charge < -0.3 is 19.5 Å². The third kappa shape index (κ3) is 6.54. The Kier molecular flexibility index (Phi) is 8.58. The van der Waals surface area contributed by atoms with E-state index < -0.39 is 5.60 Å². The van der Waals surface area contributed by atoms with Gasteiger partial charge >= 0.3 is 0 Å². The summed E-state index contributed by atoms with van der Waals surface area (Å²) in [6.07, 6.45) is 3.11. The Morgan fingerprint density at radius 3 is 2.57 bits per heavy atom. The maximum absolute atomic E-state index is 12.4. The van der Waals surface area contributed by atoms with E-state index in [4.69, 9.17) is 14.2 Å². The predicted octanol–water partition coefficient (Wildman–Crippen LogP) is 3.03. The third-order valence-corrected chi connectivity index (χ3v) is 3.35. The molecule has 0 spiro atoms. The van der Waals surface area contributed by atoms with Crippen LogP contribution in [-0.4, -0.2) is 42.9 Å². The molecule has 1 aromatic rings. The van der Waals surface area contributed by atoms with Crippen molar-refractivity contribution in [3.05, 3.63) is 18.3 Å². The lowest BCUT2D eigenvalue weighted by Gasteiger charge is -2.27. The molecular formula is C17H28N2O4. The molecule has 23 heavy (non-hydrogen) atoms. The Balaban J connectivity index is 2.57. The van der Waals surface area contributed by atoms with E-state index in [2.05, 4.69) is 10.3 Å². The standard InChI is InChI=1S/C17H28N2O4/c1-5-10-17(4,23-7-3)16(20)19-14-8-9-15(18-13-14)22-12-11-21-6-2/h8-9,13H,5-7,10-12H2,1-4H3,(H,19,20). The van der Waals surface area contributed by atoms with Crippen molar-refractivity contribution in [2.24, 2.45) is 0 Å². The molecule has 0 aliphatic carbocycles. The molecule has 0 aliphatic rings. The fourth-order valence-electron chi connectivity index (χ4n) is 2.20. The van der Waals surface area contributed by atoms with Crippen LogP contribution in [0.2, 0.25) is 0 Å². The second kappa shape index (κ2) is 10.2. The number of hydrogen-bond acceptors (Lipinski definition) is 5. The van der Waals surface area contributed by atoms with Gasteiger partial charge in [0.2, 0.25) is 5.88 Å². The fraction of sp³-hybridized carbons (Fsp3) is 0.647. The average Bonchev–Trinajstić information content (AvgIpc) is 2.53. The van der Waals surface area contributed by atoms with Crippen LogP contribution in [0.15, 0.2) is 18.3 Å². The van der Waals surface area contributed by atoms with E-state index in [1.165, 1.54) is 0 Å². The number of carbonyl (C=O) groups excluding carboxylic acids is 1. The molecule has 0 radical (unpaired) electrons. The molecule has 6 nitrogen and oxygen atoms in total. The summed E-state index contributed by atoms with van der Waals surface area (Å²) in [4.78, 5) is 16.6. The lowest BCUT2D eigenvalue weighted by Crippen LogP contribution is -2.42. The van der Waals surface area contributed by atoms with E-state index in [0.717, 1.165) is 6.42 Å². The smallest absolute Gasteiger partial charge is 0.256 e. The molecule has 0 fully saturated rings. The number of ether oxygens (including phenoxy) is 3. The van der Waals surface area contributed by atoms with Crippen LogP contribution < -0.4 is 10.1 Å². The summed E-state index contributed by atoms with van der Waals surface area (Å²) in [5, 5.41) is 2.85. The zero-order valence-corrected chi connectivity index (χ0v) is 14.6. The summed E-state index contributed by atoms with van der Waals surface area (Å²) in [6, 6.07) is 3.48. The second-order valence-electron chi connectivity index (χ2n) is 5.30. The highest BCUT2D eigenvalue weighted by Gasteiger charge is 2.32. The third-order valence-electron chi connectivity index (χ3n) is 3.35. The van der Waals surface area contributed by atoms with Crippen molar-refractivity contribution in [3.8, 4) is 5.88 Å². The van der Waals surface area contributed by atoms with Crippen molar-refractivity contribution in [1.82, 2.24) is 4.98 Å². The van der Waals surface area contributed by atoms with Crippen LogP contribution in [0.3, 0.4) is 0 Å². The largest absolute Gasteiger partial charge is 0.475 e. The summed E-state index contributed by atoms with van der Waals surface area (Å²) in [5.74, 6) is 0.344. The normalized spacial score (nSPS) is 13.4. The number of aromatic nitrogens is 1. The van der Waals surface area contributed by atoms with Crippen LogP contribution in [0.25, 0.3) is 0 Å². The summed E-state index contributed by atoms with van der Waals surface area (Å²) in [7, 11) is 0. The highest BCUT2D eigenvalue weighted by Crippen LogP contribution is 2.21. The lowest BCUT2D eigenvalue weighted by atomic mass is 9.99. The fourth-order valence-corrected chi connectivity index (χ4v) is 2.20. The first kappa shape index (κ1) is 19.4. The summed E-state index contributed by atoms with van der Waals surface area (Å²) in [6.45, 7) is 9.80. The zero-order chi connectivity index (χ0) is 17.1. The van der Waals surface area contributed by atoms with E-state index in [1.54, 1.807) is 18.3 Å². The molecule has 0 aliphatic heterocycles. The maximum atomic E-state index is 12.4. The molecule has 6 heteroatoms. The molecule has 1 unspecified atom stereocenters. The van der Waals surface area contributed by atoms with Crippen molar-refractivity contribution in [3.63, 3.8) is 0 Å². The van der Waals surface area contributed by atoms with Crippen LogP contribution in [0, 0.1) is 0 Å². The molecule has 0 aromatic carbocycles. The van der Waals surface area contributed by atoms with Gasteiger partial charge in [0.15, 0.2) is 0 Å². The van der Waals surface area contributed by atoms with Gasteiger partial charge in [-0.2, -0.15) is 0 Å². The van der Waals surface area contributed by atoms with Gasteiger partial charge in [-0.05, 0) is 33.3 Å². The van der Waals surface area contributed by atoms with E-state index in [9.17, 15) is 4.79 Å². The minimum absolute atomic E-state index is 0.159. The number of anilines is 1. The monoisotopic (exact) mass is 324 g/mol. The average molecular weight is 324 g/mol. The van der Waals surface area contributed by atoms with Crippen LogP contribution in [-0.2, 0) is 14.3 Å². The number of rotatable bonds is 11. The van der Waals surface area contributed by atoms with Gasteiger partial charge in [0.05, 0.1) is 18.5 Å². The zero-order valence-electron chi connectivity index (χ0n) is 14.6. The van der Waals surface area contributed by atoms with Crippen LogP contribution >= 0.6 is 0 Å². The number of pyridine rings is 1. The molecule has 0 saturated heterocycles. The van der Waals surface area contributed by atoms with Crippen LogP contribution in [0.4, 0.5) is 5.69 Å². The van der Waals surface area contributed by atoms with Gasteiger partial charge in [-0.15, -0.1) is 0 Å². The topological polar surface area (TPSA) is 69.7 Å². The van der Waals surface area contributed by atoms with Gasteiger partial charge in [0.1, 0.15) is 12.2 Å². The number of nitrogens with one attached hydrogen (secondary N) is 1. The van der Waals surface area contributed by atoms with E-state index in [-0.39, 0.29) is 5.91 Å². The minimum atomic E-state index is -0.823. The van der Waals surface area contributed by atoms with Crippen molar-refractivity contribution < 1.29 is 19.0 Å². The summed E-state index contributed by atoms with van der Waals surface area (Å²) >= 11 is 0. The Labute approximate surface area is 138 Å². The van der Waals surface area contributed by atoms with Crippen LogP contribution in [0.1, 0.15) is 40.5 Å². The van der Waals surface area contributed by atoms with Crippen LogP contribution in [0.5, 0.6) is 5.88 Å². The van der Waals surface area contributed by atoms with Gasteiger partial charge in [0.25, 0.3) is 5.91 Å². The lowest BCUT2D eigenvalue weighted by molar-refractivity contribution is -0.139. The molecule has 1 atom stereocenters. The molecule has 1 N–H and O–H groups in total. The number of amides is 1. The van der Waals surface area contributed by atoms with E-state index >= 15 is 0 Å². The van der Waals surface area contributed by atoms with Crippen molar-refractivity contribution >= 4 is 11.6 Å². The minimum Gasteiger partial charge on any atom is -0.475 e. The molecule has 1 amide bonds. The summed E-state index contributed by atoms with van der Waals surface area (Å²) < 4.78 is 16.3. The molecule has 1 aromatic heterocycles. The van der Waals surface area contributed by atoms with Gasteiger partial charge in [0, 0.05) is 19.3 Å². The SMILES string of the molecule is CCCC(C)(OCC)C(=O)Nc1ccc(OCCOCC)nc1. The first-order chi connectivity index (χ1) is 11.1. The van der Waals surface area contributed by atoms with Crippen molar-refractivity contribution in [2.75, 3.05) is 31.7 Å². The van der Waals surface area contributed by atoms with Crippen molar-refractivity contribution in [1.29, 1.82) is 0 Å². The van der Waals surface area contributed by atoms with Crippen molar-refractivity contribution in [2.45, 2.75) is 46.1 Å². The molecule has 0 saturated carbocycles. The highest BCUT2D eigenvalue weighted by molar-refractivity contribution is 5.96. The predicted molar refractivity (Wildman–Crippen MR) is 89.8 cm³/mol. The summed E-state index contributed by atoms with van der Waals surface area (Å²) in [5.41, 5.74) is -0.204. The number of carbonyl (C=O) groups is 1. The van der Waals surface area contributed by atoms with Gasteiger partial charge in [-0.25, -0.2) is 4.98 Å². The van der Waals surface area contributed by atoms with Gasteiger partial charge in [-0.1, -0.05) is 13.3 Å². The Morgan fingerprint density at radius 2 is 2.00 bits per heavy atom. The van der Waals surface area contributed by atoms with Gasteiger partial charge in [-0.3, -0.25) is 4.79 Å². The number of hydrogen-bond donors (Lipinski definition) is 1. The molecule has 0 bridgehead atoms. The first-order valence-electron chi connectivity index (χ1n) is 8.17. The molecule has 1 heterocycles. The Bertz CT molecular complexity index is 456. The quantitative estimate of drug-likeness (QED) is 0.634. The van der Waals surface area contributed by atoms with E-state index in [1.807, 2.05) is 27.7 Å². The number of nitrogens with zero attached hydrogens (tertiary/aromatic N) is 1. The molecule has 130 valence electrons.